The van der Waals surface area contributed by atoms with Gasteiger partial charge in [0.15, 0.2) is 5.96 Å². The number of aliphatic imine (C=N–C) groups is 1. The third-order valence-corrected chi connectivity index (χ3v) is 4.50. The molecule has 26 heavy (non-hydrogen) atoms. The second-order valence-corrected chi connectivity index (χ2v) is 6.88. The Morgan fingerprint density at radius 2 is 2.00 bits per heavy atom. The molecule has 0 spiro atoms. The minimum atomic E-state index is -1.13. The molecule has 3 unspecified atom stereocenters. The molecular weight excluding hydrogens is 441 g/mol. The van der Waals surface area contributed by atoms with Gasteiger partial charge in [0.1, 0.15) is 17.1 Å². The van der Waals surface area contributed by atoms with Crippen LogP contribution in [0.15, 0.2) is 51.9 Å². The van der Waals surface area contributed by atoms with Gasteiger partial charge in [-0.15, -0.1) is 24.0 Å². The van der Waals surface area contributed by atoms with Crippen molar-refractivity contribution < 1.29 is 9.52 Å². The summed E-state index contributed by atoms with van der Waals surface area (Å²) in [5, 5.41) is 17.4. The number of guanidine groups is 1. The molecule has 1 aromatic carbocycles. The van der Waals surface area contributed by atoms with E-state index >= 15 is 0 Å². The number of halogens is 1. The highest BCUT2D eigenvalue weighted by Crippen LogP contribution is 2.40. The molecule has 1 fully saturated rings. The van der Waals surface area contributed by atoms with Gasteiger partial charge in [-0.25, -0.2) is 4.99 Å². The van der Waals surface area contributed by atoms with Gasteiger partial charge in [-0.2, -0.15) is 0 Å². The second-order valence-electron chi connectivity index (χ2n) is 6.88. The van der Waals surface area contributed by atoms with Crippen molar-refractivity contribution in [2.24, 2.45) is 4.99 Å². The third kappa shape index (κ3) is 5.23. The average Bonchev–Trinajstić information content (AvgIpc) is 3.22. The molecule has 3 N–H and O–H groups in total. The number of nitrogens with zero attached hydrogens (tertiary/aromatic N) is 1. The lowest BCUT2D eigenvalue weighted by molar-refractivity contribution is 0.0428. The zero-order chi connectivity index (χ0) is 17.9. The van der Waals surface area contributed by atoms with E-state index < -0.39 is 5.60 Å². The number of rotatable bonds is 6. The van der Waals surface area contributed by atoms with Crippen molar-refractivity contribution in [1.29, 1.82) is 0 Å². The number of hydrogen-bond acceptors (Lipinski definition) is 3. The number of hydrogen-bond donors (Lipinski definition) is 3. The summed E-state index contributed by atoms with van der Waals surface area (Å²) in [6.07, 6.45) is 1.10. The fourth-order valence-electron chi connectivity index (χ4n) is 2.95. The van der Waals surface area contributed by atoms with Gasteiger partial charge in [0.05, 0.1) is 6.54 Å². The molecule has 6 heteroatoms. The summed E-state index contributed by atoms with van der Waals surface area (Å²) in [7, 11) is 0. The maximum absolute atomic E-state index is 10.6. The monoisotopic (exact) mass is 469 g/mol. The molecule has 1 aromatic heterocycles. The first-order chi connectivity index (χ1) is 12.0. The van der Waals surface area contributed by atoms with Gasteiger partial charge in [0, 0.05) is 18.5 Å². The van der Waals surface area contributed by atoms with Crippen molar-refractivity contribution >= 4 is 29.9 Å². The zero-order valence-electron chi connectivity index (χ0n) is 15.5. The zero-order valence-corrected chi connectivity index (χ0v) is 17.9. The normalized spacial score (nSPS) is 21.5. The quantitative estimate of drug-likeness (QED) is 0.344. The van der Waals surface area contributed by atoms with Crippen LogP contribution in [0.2, 0.25) is 0 Å². The van der Waals surface area contributed by atoms with E-state index in [0.717, 1.165) is 24.7 Å². The van der Waals surface area contributed by atoms with E-state index in [1.54, 1.807) is 13.0 Å². The average molecular weight is 469 g/mol. The van der Waals surface area contributed by atoms with Crippen molar-refractivity contribution in [1.82, 2.24) is 10.6 Å². The number of benzene rings is 1. The van der Waals surface area contributed by atoms with E-state index in [9.17, 15) is 5.11 Å². The van der Waals surface area contributed by atoms with E-state index in [-0.39, 0.29) is 30.5 Å². The van der Waals surface area contributed by atoms with Gasteiger partial charge in [-0.05, 0) is 44.9 Å². The van der Waals surface area contributed by atoms with Crippen LogP contribution >= 0.6 is 24.0 Å². The van der Waals surface area contributed by atoms with Gasteiger partial charge in [0.2, 0.25) is 0 Å². The molecule has 3 atom stereocenters. The van der Waals surface area contributed by atoms with Crippen LogP contribution in [0.5, 0.6) is 0 Å². The lowest BCUT2D eigenvalue weighted by Gasteiger charge is -2.19. The van der Waals surface area contributed by atoms with Gasteiger partial charge < -0.3 is 20.2 Å². The summed E-state index contributed by atoms with van der Waals surface area (Å²) in [5.74, 6) is 2.58. The first-order valence-electron chi connectivity index (χ1n) is 8.88. The van der Waals surface area contributed by atoms with Crippen LogP contribution in [0.4, 0.5) is 0 Å². The van der Waals surface area contributed by atoms with Crippen LogP contribution in [0.25, 0.3) is 0 Å². The smallest absolute Gasteiger partial charge is 0.191 e. The van der Waals surface area contributed by atoms with E-state index in [1.807, 2.05) is 26.0 Å². The van der Waals surface area contributed by atoms with Crippen LogP contribution < -0.4 is 10.6 Å². The highest BCUT2D eigenvalue weighted by molar-refractivity contribution is 14.0. The molecule has 1 saturated carbocycles. The molecule has 142 valence electrons. The van der Waals surface area contributed by atoms with Gasteiger partial charge >= 0.3 is 0 Å². The van der Waals surface area contributed by atoms with E-state index in [4.69, 9.17) is 4.42 Å². The van der Waals surface area contributed by atoms with Gasteiger partial charge in [-0.1, -0.05) is 30.3 Å². The van der Waals surface area contributed by atoms with Crippen LogP contribution in [-0.2, 0) is 5.60 Å². The topological polar surface area (TPSA) is 69.8 Å². The Balaban J connectivity index is 0.00000243. The Morgan fingerprint density at radius 3 is 2.62 bits per heavy atom. The molecule has 0 amide bonds. The largest absolute Gasteiger partial charge is 0.463 e. The number of nitrogens with one attached hydrogen (secondary N) is 2. The van der Waals surface area contributed by atoms with Crippen molar-refractivity contribution in [3.05, 3.63) is 59.5 Å². The third-order valence-electron chi connectivity index (χ3n) is 4.50. The molecular formula is C20H28IN3O2. The second kappa shape index (κ2) is 8.90. The van der Waals surface area contributed by atoms with Crippen LogP contribution in [0.3, 0.4) is 0 Å². The molecule has 0 aliphatic heterocycles. The maximum Gasteiger partial charge on any atom is 0.191 e. The summed E-state index contributed by atoms with van der Waals surface area (Å²) < 4.78 is 5.55. The van der Waals surface area contributed by atoms with E-state index in [0.29, 0.717) is 17.7 Å². The van der Waals surface area contributed by atoms with Crippen LogP contribution in [0, 0.1) is 6.92 Å². The number of aliphatic hydroxyl groups is 1. The summed E-state index contributed by atoms with van der Waals surface area (Å²) in [5.41, 5.74) is 0.229. The Labute approximate surface area is 172 Å². The number of aryl methyl sites for hydroxylation is 1. The Bertz CT molecular complexity index is 728. The van der Waals surface area contributed by atoms with Gasteiger partial charge in [-0.3, -0.25) is 0 Å². The lowest BCUT2D eigenvalue weighted by Crippen LogP contribution is -2.40. The fraction of sp³-hybridized carbons (Fsp3) is 0.450. The highest BCUT2D eigenvalue weighted by atomic mass is 127. The first-order valence-corrected chi connectivity index (χ1v) is 8.88. The molecule has 2 aromatic rings. The summed E-state index contributed by atoms with van der Waals surface area (Å²) in [6.45, 7) is 6.63. The van der Waals surface area contributed by atoms with Crippen molar-refractivity contribution in [3.8, 4) is 0 Å². The molecule has 1 aliphatic rings. The molecule has 0 bridgehead atoms. The minimum absolute atomic E-state index is 0. The molecule has 1 aliphatic carbocycles. The minimum Gasteiger partial charge on any atom is -0.463 e. The molecule has 3 rings (SSSR count). The number of furan rings is 1. The highest BCUT2D eigenvalue weighted by Gasteiger charge is 2.39. The molecule has 5 nitrogen and oxygen atoms in total. The maximum atomic E-state index is 10.6. The molecule has 1 heterocycles. The lowest BCUT2D eigenvalue weighted by atomic mass is 10.0. The van der Waals surface area contributed by atoms with Crippen molar-refractivity contribution in [3.63, 3.8) is 0 Å². The predicted molar refractivity (Wildman–Crippen MR) is 115 cm³/mol. The molecule has 0 radical (unpaired) electrons. The standard InChI is InChI=1S/C20H27N3O2.HI/c1-4-21-19(22-13-20(3,24)18-11-10-14(2)25-18)23-17-12-16(17)15-8-6-5-7-9-15;/h5-11,16-17,24H,4,12-13H2,1-3H3,(H2,21,22,23);1H. The van der Waals surface area contributed by atoms with Crippen LogP contribution in [0.1, 0.15) is 43.3 Å². The SMILES string of the molecule is CCNC(=NCC(C)(O)c1ccc(C)o1)NC1CC1c1ccccc1.I. The Kier molecular flexibility index (Phi) is 7.11. The van der Waals surface area contributed by atoms with E-state index in [2.05, 4.69) is 39.9 Å². The molecule has 0 saturated heterocycles. The van der Waals surface area contributed by atoms with Crippen molar-refractivity contribution in [2.75, 3.05) is 13.1 Å². The summed E-state index contributed by atoms with van der Waals surface area (Å²) >= 11 is 0. The Hall–Kier alpha value is -1.54. The predicted octanol–water partition coefficient (Wildman–Crippen LogP) is 3.52. The first kappa shape index (κ1) is 20.8. The fourth-order valence-corrected chi connectivity index (χ4v) is 2.95. The summed E-state index contributed by atoms with van der Waals surface area (Å²) in [6, 6.07) is 14.6. The Morgan fingerprint density at radius 1 is 1.27 bits per heavy atom. The van der Waals surface area contributed by atoms with Crippen LogP contribution in [-0.4, -0.2) is 30.2 Å². The summed E-state index contributed by atoms with van der Waals surface area (Å²) in [4.78, 5) is 4.56. The van der Waals surface area contributed by atoms with Gasteiger partial charge in [0.25, 0.3) is 0 Å². The van der Waals surface area contributed by atoms with Crippen molar-refractivity contribution in [2.45, 2.75) is 44.8 Å². The van der Waals surface area contributed by atoms with E-state index in [1.165, 1.54) is 5.56 Å².